The van der Waals surface area contributed by atoms with Crippen LogP contribution in [0.4, 0.5) is 0 Å². The Morgan fingerprint density at radius 3 is 2.73 bits per heavy atom. The average molecular weight is 200 g/mol. The average Bonchev–Trinajstić information content (AvgIpc) is 2.28. The van der Waals surface area contributed by atoms with Crippen molar-refractivity contribution in [2.24, 2.45) is 5.92 Å². The van der Waals surface area contributed by atoms with E-state index in [-0.39, 0.29) is 0 Å². The Hall–Kier alpha value is -1.37. The van der Waals surface area contributed by atoms with Crippen LogP contribution in [0.5, 0.6) is 0 Å². The maximum Gasteiger partial charge on any atom is 0.133 e. The second-order valence-electron chi connectivity index (χ2n) is 4.16. The minimum absolute atomic E-state index is 0.420. The lowest BCUT2D eigenvalue weighted by Crippen LogP contribution is -2.12. The van der Waals surface area contributed by atoms with E-state index >= 15 is 0 Å². The fourth-order valence-electron chi connectivity index (χ4n) is 2.03. The van der Waals surface area contributed by atoms with Gasteiger partial charge in [0.2, 0.25) is 0 Å². The molecule has 0 aromatic heterocycles. The van der Waals surface area contributed by atoms with Gasteiger partial charge in [0.05, 0.1) is 0 Å². The van der Waals surface area contributed by atoms with Gasteiger partial charge in [0, 0.05) is 12.8 Å². The van der Waals surface area contributed by atoms with Crippen molar-refractivity contribution in [3.63, 3.8) is 0 Å². The Kier molecular flexibility index (Phi) is 3.33. The summed E-state index contributed by atoms with van der Waals surface area (Å²) in [6.07, 6.45) is 8.06. The van der Waals surface area contributed by atoms with Crippen LogP contribution in [-0.2, 0) is 4.79 Å². The molecule has 1 heteroatoms. The predicted octanol–water partition coefficient (Wildman–Crippen LogP) is 3.46. The second-order valence-corrected chi connectivity index (χ2v) is 4.16. The molecule has 1 atom stereocenters. The number of hydrogen-bond acceptors (Lipinski definition) is 1. The first kappa shape index (κ1) is 10.2. The van der Waals surface area contributed by atoms with Gasteiger partial charge < -0.3 is 0 Å². The van der Waals surface area contributed by atoms with Gasteiger partial charge in [-0.05, 0) is 24.3 Å². The molecule has 1 aromatic rings. The van der Waals surface area contributed by atoms with E-state index in [2.05, 4.69) is 24.3 Å². The summed E-state index contributed by atoms with van der Waals surface area (Å²) in [5, 5.41) is 0. The van der Waals surface area contributed by atoms with Crippen molar-refractivity contribution < 1.29 is 4.79 Å². The van der Waals surface area contributed by atoms with Gasteiger partial charge in [-0.3, -0.25) is 4.79 Å². The molecule has 0 aliphatic heterocycles. The first-order valence-corrected chi connectivity index (χ1v) is 5.59. The highest BCUT2D eigenvalue weighted by Gasteiger charge is 2.16. The number of Topliss-reactive ketones (excluding diaryl/α,β-unsaturated/α-hetero) is 1. The topological polar surface area (TPSA) is 17.1 Å². The second kappa shape index (κ2) is 4.92. The van der Waals surface area contributed by atoms with Crippen LogP contribution in [0.25, 0.3) is 6.08 Å². The van der Waals surface area contributed by atoms with E-state index in [0.29, 0.717) is 11.7 Å². The summed E-state index contributed by atoms with van der Waals surface area (Å²) in [7, 11) is 0. The third-order valence-corrected chi connectivity index (χ3v) is 2.88. The SMILES string of the molecule is O=C1CCC[C@H](/C=C\c2ccccc2)C1. The highest BCUT2D eigenvalue weighted by atomic mass is 16.1. The molecule has 15 heavy (non-hydrogen) atoms. The standard InChI is InChI=1S/C14H16O/c15-14-8-4-7-13(11-14)10-9-12-5-2-1-3-6-12/h1-3,5-6,9-10,13H,4,7-8,11H2/b10-9-/t13-/m1/s1. The summed E-state index contributed by atoms with van der Waals surface area (Å²) in [4.78, 5) is 11.3. The molecule has 1 aliphatic rings. The monoisotopic (exact) mass is 200 g/mol. The smallest absolute Gasteiger partial charge is 0.133 e. The van der Waals surface area contributed by atoms with E-state index in [1.807, 2.05) is 18.2 Å². The molecule has 0 bridgehead atoms. The summed E-state index contributed by atoms with van der Waals surface area (Å²) >= 11 is 0. The molecule has 0 amide bonds. The van der Waals surface area contributed by atoms with Crippen LogP contribution >= 0.6 is 0 Å². The zero-order chi connectivity index (χ0) is 10.5. The van der Waals surface area contributed by atoms with Gasteiger partial charge in [-0.1, -0.05) is 42.5 Å². The number of allylic oxidation sites excluding steroid dienone is 1. The van der Waals surface area contributed by atoms with Crippen molar-refractivity contribution in [3.05, 3.63) is 42.0 Å². The summed E-state index contributed by atoms with van der Waals surface area (Å²) in [6, 6.07) is 10.3. The number of rotatable bonds is 2. The summed E-state index contributed by atoms with van der Waals surface area (Å²) < 4.78 is 0. The lowest BCUT2D eigenvalue weighted by Gasteiger charge is -2.16. The van der Waals surface area contributed by atoms with Crippen LogP contribution < -0.4 is 0 Å². The van der Waals surface area contributed by atoms with Crippen molar-refractivity contribution in [1.29, 1.82) is 0 Å². The molecule has 0 saturated heterocycles. The molecule has 0 heterocycles. The Balaban J connectivity index is 1.96. The number of ketones is 1. The summed E-state index contributed by atoms with van der Waals surface area (Å²) in [5.74, 6) is 0.885. The Morgan fingerprint density at radius 1 is 1.20 bits per heavy atom. The van der Waals surface area contributed by atoms with Crippen LogP contribution in [-0.4, -0.2) is 5.78 Å². The predicted molar refractivity (Wildman–Crippen MR) is 62.4 cm³/mol. The molecular weight excluding hydrogens is 184 g/mol. The highest BCUT2D eigenvalue weighted by molar-refractivity contribution is 5.79. The van der Waals surface area contributed by atoms with E-state index in [4.69, 9.17) is 0 Å². The van der Waals surface area contributed by atoms with Crippen molar-refractivity contribution in [2.45, 2.75) is 25.7 Å². The van der Waals surface area contributed by atoms with Crippen molar-refractivity contribution >= 4 is 11.9 Å². The van der Waals surface area contributed by atoms with Crippen molar-refractivity contribution in [1.82, 2.24) is 0 Å². The highest BCUT2D eigenvalue weighted by Crippen LogP contribution is 2.23. The number of hydrogen-bond donors (Lipinski definition) is 0. The van der Waals surface area contributed by atoms with Crippen LogP contribution in [0, 0.1) is 5.92 Å². The third-order valence-electron chi connectivity index (χ3n) is 2.88. The lowest BCUT2D eigenvalue weighted by atomic mass is 9.88. The Labute approximate surface area is 90.8 Å². The number of carbonyl (C=O) groups excluding carboxylic acids is 1. The largest absolute Gasteiger partial charge is 0.300 e. The molecule has 1 aromatic carbocycles. The Morgan fingerprint density at radius 2 is 2.00 bits per heavy atom. The molecule has 1 fully saturated rings. The van der Waals surface area contributed by atoms with E-state index in [0.717, 1.165) is 25.7 Å². The minimum Gasteiger partial charge on any atom is -0.300 e. The maximum absolute atomic E-state index is 11.3. The number of carbonyl (C=O) groups is 1. The molecule has 0 radical (unpaired) electrons. The fraction of sp³-hybridized carbons (Fsp3) is 0.357. The molecule has 0 spiro atoms. The lowest BCUT2D eigenvalue weighted by molar-refractivity contribution is -0.121. The van der Waals surface area contributed by atoms with Crippen molar-refractivity contribution in [3.8, 4) is 0 Å². The molecule has 2 rings (SSSR count). The van der Waals surface area contributed by atoms with Gasteiger partial charge in [0.25, 0.3) is 0 Å². The van der Waals surface area contributed by atoms with Crippen molar-refractivity contribution in [2.75, 3.05) is 0 Å². The molecule has 0 N–H and O–H groups in total. The summed E-state index contributed by atoms with van der Waals surface area (Å²) in [5.41, 5.74) is 1.22. The van der Waals surface area contributed by atoms with Gasteiger partial charge in [-0.25, -0.2) is 0 Å². The van der Waals surface area contributed by atoms with Crippen LogP contribution in [0.1, 0.15) is 31.2 Å². The van der Waals surface area contributed by atoms with Gasteiger partial charge >= 0.3 is 0 Å². The zero-order valence-corrected chi connectivity index (χ0v) is 8.86. The quantitative estimate of drug-likeness (QED) is 0.714. The third kappa shape index (κ3) is 3.05. The van der Waals surface area contributed by atoms with E-state index in [9.17, 15) is 4.79 Å². The first-order valence-electron chi connectivity index (χ1n) is 5.59. The maximum atomic E-state index is 11.3. The molecule has 1 aliphatic carbocycles. The molecule has 0 unspecified atom stereocenters. The normalized spacial score (nSPS) is 22.1. The van der Waals surface area contributed by atoms with E-state index in [1.165, 1.54) is 5.56 Å². The van der Waals surface area contributed by atoms with Gasteiger partial charge in [0.15, 0.2) is 0 Å². The molecule has 78 valence electrons. The van der Waals surface area contributed by atoms with Crippen LogP contribution in [0.15, 0.2) is 36.4 Å². The molecular formula is C14H16O. The first-order chi connectivity index (χ1) is 7.34. The minimum atomic E-state index is 0.420. The van der Waals surface area contributed by atoms with Crippen LogP contribution in [0.3, 0.4) is 0 Å². The number of benzene rings is 1. The van der Waals surface area contributed by atoms with Gasteiger partial charge in [0.1, 0.15) is 5.78 Å². The van der Waals surface area contributed by atoms with Gasteiger partial charge in [-0.15, -0.1) is 0 Å². The fourth-order valence-corrected chi connectivity index (χ4v) is 2.03. The van der Waals surface area contributed by atoms with E-state index in [1.54, 1.807) is 0 Å². The molecule has 1 saturated carbocycles. The Bertz CT molecular complexity index is 351. The van der Waals surface area contributed by atoms with Crippen LogP contribution in [0.2, 0.25) is 0 Å². The summed E-state index contributed by atoms with van der Waals surface area (Å²) in [6.45, 7) is 0. The van der Waals surface area contributed by atoms with E-state index < -0.39 is 0 Å². The van der Waals surface area contributed by atoms with Gasteiger partial charge in [-0.2, -0.15) is 0 Å². The molecule has 1 nitrogen and oxygen atoms in total. The zero-order valence-electron chi connectivity index (χ0n) is 8.86.